The van der Waals surface area contributed by atoms with Crippen molar-refractivity contribution in [2.45, 2.75) is 0 Å². The van der Waals surface area contributed by atoms with E-state index in [2.05, 4.69) is 4.99 Å². The molecular weight excluding hydrogens is 317 g/mol. The molecule has 0 aliphatic heterocycles. The van der Waals surface area contributed by atoms with E-state index in [1.807, 2.05) is 0 Å². The van der Waals surface area contributed by atoms with E-state index in [1.54, 1.807) is 12.1 Å². The largest absolute Gasteiger partial charge is 0.494 e. The third-order valence-electron chi connectivity index (χ3n) is 2.91. The van der Waals surface area contributed by atoms with Crippen LogP contribution in [0.5, 0.6) is 5.88 Å². The van der Waals surface area contributed by atoms with Gasteiger partial charge >= 0.3 is 5.69 Å². The number of benzene rings is 1. The highest BCUT2D eigenvalue weighted by molar-refractivity contribution is 6.36. The van der Waals surface area contributed by atoms with E-state index < -0.39 is 17.1 Å². The zero-order valence-electron chi connectivity index (χ0n) is 11.2. The number of hydrogen-bond donors (Lipinski definition) is 1. The first-order chi connectivity index (χ1) is 9.82. The highest BCUT2D eigenvalue weighted by Crippen LogP contribution is 2.27. The van der Waals surface area contributed by atoms with Crippen LogP contribution < -0.4 is 11.2 Å². The average Bonchev–Trinajstić information content (AvgIpc) is 2.45. The first kappa shape index (κ1) is 15.3. The Morgan fingerprint density at radius 1 is 1.19 bits per heavy atom. The Hall–Kier alpha value is -2.05. The monoisotopic (exact) mass is 327 g/mol. The maximum atomic E-state index is 12.0. The number of nitrogens with zero attached hydrogens (tertiary/aromatic N) is 3. The molecule has 8 heteroatoms. The maximum absolute atomic E-state index is 12.0. The maximum Gasteiger partial charge on any atom is 0.333 e. The lowest BCUT2D eigenvalue weighted by atomic mass is 10.3. The number of aliphatic imine (C=N–C) groups is 1. The topological polar surface area (TPSA) is 76.6 Å². The molecule has 0 spiro atoms. The van der Waals surface area contributed by atoms with Crippen LogP contribution >= 0.6 is 23.2 Å². The normalized spacial score (nSPS) is 11.2. The minimum Gasteiger partial charge on any atom is -0.494 e. The lowest BCUT2D eigenvalue weighted by molar-refractivity contribution is 0.410. The molecule has 0 unspecified atom stereocenters. The summed E-state index contributed by atoms with van der Waals surface area (Å²) in [5.41, 5.74) is -0.995. The molecule has 2 aromatic rings. The fourth-order valence-corrected chi connectivity index (χ4v) is 2.15. The second-order valence-corrected chi connectivity index (χ2v) is 5.14. The van der Waals surface area contributed by atoms with Gasteiger partial charge in [0.25, 0.3) is 5.56 Å². The van der Waals surface area contributed by atoms with Crippen molar-refractivity contribution in [1.82, 2.24) is 9.13 Å². The van der Waals surface area contributed by atoms with Gasteiger partial charge in [-0.15, -0.1) is 0 Å². The average molecular weight is 328 g/mol. The van der Waals surface area contributed by atoms with E-state index in [-0.39, 0.29) is 5.56 Å². The lowest BCUT2D eigenvalue weighted by Crippen LogP contribution is -2.38. The van der Waals surface area contributed by atoms with Gasteiger partial charge in [0.2, 0.25) is 5.88 Å². The summed E-state index contributed by atoms with van der Waals surface area (Å²) in [5, 5.41) is 10.6. The quantitative estimate of drug-likeness (QED) is 0.855. The Labute approximate surface area is 129 Å². The third-order valence-corrected chi connectivity index (χ3v) is 3.45. The van der Waals surface area contributed by atoms with Gasteiger partial charge in [-0.25, -0.2) is 4.79 Å². The molecule has 0 atom stereocenters. The van der Waals surface area contributed by atoms with Crippen molar-refractivity contribution in [3.05, 3.63) is 54.6 Å². The molecule has 1 aromatic heterocycles. The fraction of sp³-hybridized carbons (Fsp3) is 0.154. The number of aromatic nitrogens is 2. The molecule has 21 heavy (non-hydrogen) atoms. The highest BCUT2D eigenvalue weighted by atomic mass is 35.5. The van der Waals surface area contributed by atoms with Crippen molar-refractivity contribution in [2.24, 2.45) is 19.1 Å². The number of hydrogen-bond acceptors (Lipinski definition) is 4. The molecule has 110 valence electrons. The van der Waals surface area contributed by atoms with Gasteiger partial charge in [-0.1, -0.05) is 23.2 Å². The molecule has 2 rings (SSSR count). The number of aromatic hydroxyl groups is 1. The van der Waals surface area contributed by atoms with Crippen LogP contribution in [0.1, 0.15) is 5.56 Å². The van der Waals surface area contributed by atoms with Gasteiger partial charge in [-0.3, -0.25) is 18.9 Å². The van der Waals surface area contributed by atoms with Crippen molar-refractivity contribution < 1.29 is 5.11 Å². The molecule has 0 aliphatic rings. The predicted molar refractivity (Wildman–Crippen MR) is 82.3 cm³/mol. The van der Waals surface area contributed by atoms with E-state index in [4.69, 9.17) is 23.2 Å². The Morgan fingerprint density at radius 2 is 1.86 bits per heavy atom. The number of rotatable bonds is 2. The zero-order valence-corrected chi connectivity index (χ0v) is 12.7. The summed E-state index contributed by atoms with van der Waals surface area (Å²) in [4.78, 5) is 27.6. The smallest absolute Gasteiger partial charge is 0.333 e. The summed E-state index contributed by atoms with van der Waals surface area (Å²) in [6, 6.07) is 4.68. The summed E-state index contributed by atoms with van der Waals surface area (Å²) in [5.74, 6) is -0.461. The van der Waals surface area contributed by atoms with E-state index >= 15 is 0 Å². The van der Waals surface area contributed by atoms with Gasteiger partial charge in [-0.05, 0) is 18.2 Å². The Bertz CT molecular complexity index is 853. The molecule has 6 nitrogen and oxygen atoms in total. The second kappa shape index (κ2) is 5.75. The van der Waals surface area contributed by atoms with Gasteiger partial charge in [-0.2, -0.15) is 0 Å². The van der Waals surface area contributed by atoms with Crippen LogP contribution in [-0.4, -0.2) is 20.5 Å². The molecule has 1 heterocycles. The third kappa shape index (κ3) is 2.86. The number of halogens is 2. The molecule has 0 bridgehead atoms. The van der Waals surface area contributed by atoms with Crippen molar-refractivity contribution >= 4 is 35.1 Å². The van der Waals surface area contributed by atoms with Crippen molar-refractivity contribution in [3.63, 3.8) is 0 Å². The van der Waals surface area contributed by atoms with E-state index in [1.165, 1.54) is 20.2 Å². The van der Waals surface area contributed by atoms with Crippen LogP contribution in [0.2, 0.25) is 10.0 Å². The predicted octanol–water partition coefficient (Wildman–Crippen LogP) is 1.85. The second-order valence-electron chi connectivity index (χ2n) is 4.30. The molecule has 1 aromatic carbocycles. The first-order valence-electron chi connectivity index (χ1n) is 5.81. The molecule has 0 radical (unpaired) electrons. The van der Waals surface area contributed by atoms with Crippen LogP contribution in [0, 0.1) is 0 Å². The molecule has 1 N–H and O–H groups in total. The lowest BCUT2D eigenvalue weighted by Gasteiger charge is -2.07. The van der Waals surface area contributed by atoms with Gasteiger partial charge in [0.1, 0.15) is 5.56 Å². The van der Waals surface area contributed by atoms with Crippen molar-refractivity contribution in [3.8, 4) is 5.88 Å². The summed E-state index contributed by atoms with van der Waals surface area (Å²) >= 11 is 11.7. The highest BCUT2D eigenvalue weighted by Gasteiger charge is 2.13. The zero-order chi connectivity index (χ0) is 15.7. The first-order valence-corrected chi connectivity index (χ1v) is 6.56. The van der Waals surface area contributed by atoms with Crippen LogP contribution in [0.4, 0.5) is 5.69 Å². The Balaban J connectivity index is 2.57. The minimum atomic E-state index is -0.649. The molecule has 0 aliphatic carbocycles. The summed E-state index contributed by atoms with van der Waals surface area (Å²) < 4.78 is 1.83. The summed E-state index contributed by atoms with van der Waals surface area (Å²) in [6.45, 7) is 0. The molecular formula is C13H11Cl2N3O3. The van der Waals surface area contributed by atoms with Crippen LogP contribution in [0.3, 0.4) is 0 Å². The van der Waals surface area contributed by atoms with Crippen LogP contribution in [-0.2, 0) is 14.1 Å². The fourth-order valence-electron chi connectivity index (χ4n) is 1.69. The van der Waals surface area contributed by atoms with Crippen LogP contribution in [0.15, 0.2) is 32.8 Å². The minimum absolute atomic E-state index is 0.106. The van der Waals surface area contributed by atoms with E-state index in [9.17, 15) is 14.7 Å². The van der Waals surface area contributed by atoms with Gasteiger partial charge < -0.3 is 5.11 Å². The van der Waals surface area contributed by atoms with Crippen molar-refractivity contribution in [1.29, 1.82) is 0 Å². The standard InChI is InChI=1S/C13H11Cl2N3O3/c1-17-11(19)8(12(20)18(2)13(17)21)6-16-10-4-3-7(14)5-9(10)15/h3-6,19H,1-2H3. The summed E-state index contributed by atoms with van der Waals surface area (Å²) in [6.07, 6.45) is 1.16. The molecule has 0 saturated carbocycles. The van der Waals surface area contributed by atoms with Gasteiger partial charge in [0, 0.05) is 25.3 Å². The SMILES string of the molecule is Cn1c(O)c(C=Nc2ccc(Cl)cc2Cl)c(=O)n(C)c1=O. The molecule has 0 amide bonds. The van der Waals surface area contributed by atoms with Crippen molar-refractivity contribution in [2.75, 3.05) is 0 Å². The molecule has 0 saturated heterocycles. The summed E-state index contributed by atoms with van der Waals surface area (Å²) in [7, 11) is 2.67. The van der Waals surface area contributed by atoms with Crippen LogP contribution in [0.25, 0.3) is 0 Å². The van der Waals surface area contributed by atoms with E-state index in [0.717, 1.165) is 15.3 Å². The Kier molecular flexibility index (Phi) is 4.20. The Morgan fingerprint density at radius 3 is 2.48 bits per heavy atom. The van der Waals surface area contributed by atoms with Gasteiger partial charge in [0.15, 0.2) is 0 Å². The van der Waals surface area contributed by atoms with E-state index in [0.29, 0.717) is 15.7 Å². The van der Waals surface area contributed by atoms with Gasteiger partial charge in [0.05, 0.1) is 10.7 Å². The molecule has 0 fully saturated rings.